The Morgan fingerprint density at radius 1 is 1.54 bits per heavy atom. The normalized spacial score (nSPS) is 25.2. The van der Waals surface area contributed by atoms with Gasteiger partial charge in [0.05, 0.1) is 11.0 Å². The molecule has 1 rings (SSSR count). The van der Waals surface area contributed by atoms with Crippen LogP contribution in [0.2, 0.25) is 0 Å². The lowest BCUT2D eigenvalue weighted by molar-refractivity contribution is 0.295. The van der Waals surface area contributed by atoms with Crippen molar-refractivity contribution < 1.29 is 13.5 Å². The number of sulfone groups is 1. The van der Waals surface area contributed by atoms with Crippen LogP contribution in [0.5, 0.6) is 0 Å². The number of rotatable bonds is 4. The van der Waals surface area contributed by atoms with E-state index in [0.717, 1.165) is 13.0 Å². The number of nitrogens with zero attached hydrogens (tertiary/aromatic N) is 1. The summed E-state index contributed by atoms with van der Waals surface area (Å²) in [6.07, 6.45) is 1.10. The van der Waals surface area contributed by atoms with E-state index < -0.39 is 9.84 Å². The molecule has 0 aliphatic carbocycles. The van der Waals surface area contributed by atoms with Gasteiger partial charge in [0.25, 0.3) is 0 Å². The van der Waals surface area contributed by atoms with Gasteiger partial charge in [-0.1, -0.05) is 0 Å². The van der Waals surface area contributed by atoms with E-state index in [4.69, 9.17) is 5.11 Å². The molecule has 0 aromatic heterocycles. The third-order valence-electron chi connectivity index (χ3n) is 2.44. The largest absolute Gasteiger partial charge is 0.396 e. The summed E-state index contributed by atoms with van der Waals surface area (Å²) in [7, 11) is -1.02. The molecule has 1 atom stereocenters. The number of aliphatic hydroxyl groups is 1. The average Bonchev–Trinajstić information content (AvgIpc) is 2.49. The molecule has 0 aromatic rings. The summed E-state index contributed by atoms with van der Waals surface area (Å²) in [5, 5.41) is 8.34. The quantitative estimate of drug-likeness (QED) is 0.674. The fraction of sp³-hybridized carbons (Fsp3) is 1.00. The summed E-state index contributed by atoms with van der Waals surface area (Å²) < 4.78 is 23.2. The second-order valence-corrected chi connectivity index (χ2v) is 6.02. The van der Waals surface area contributed by atoms with E-state index in [1.165, 1.54) is 0 Å². The topological polar surface area (TPSA) is 57.6 Å². The van der Waals surface area contributed by atoms with Crippen LogP contribution in [0.1, 0.15) is 12.8 Å². The Bertz CT molecular complexity index is 250. The summed E-state index contributed by atoms with van der Waals surface area (Å²) in [6.45, 7) is 1.47. The van der Waals surface area contributed by atoms with Crippen LogP contribution in [0.25, 0.3) is 0 Å². The lowest BCUT2D eigenvalue weighted by Gasteiger charge is -2.10. The molecule has 0 saturated carbocycles. The lowest BCUT2D eigenvalue weighted by atomic mass is 10.4. The molecule has 78 valence electrons. The van der Waals surface area contributed by atoms with Crippen LogP contribution in [-0.2, 0) is 9.84 Å². The molecule has 0 bridgehead atoms. The first kappa shape index (κ1) is 10.9. The van der Waals surface area contributed by atoms with Gasteiger partial charge in [-0.2, -0.15) is 0 Å². The predicted octanol–water partition coefficient (Wildman–Crippen LogP) is -0.512. The Morgan fingerprint density at radius 2 is 2.23 bits per heavy atom. The van der Waals surface area contributed by atoms with Crippen molar-refractivity contribution in [3.8, 4) is 0 Å². The minimum Gasteiger partial charge on any atom is -0.396 e. The summed E-state index contributed by atoms with van der Waals surface area (Å²) in [5.41, 5.74) is 0. The van der Waals surface area contributed by atoms with Crippen molar-refractivity contribution in [3.05, 3.63) is 0 Å². The number of likely N-dealkylation sites (tertiary alicyclic amines) is 1. The molecule has 0 spiro atoms. The van der Waals surface area contributed by atoms with Crippen molar-refractivity contribution in [1.82, 2.24) is 4.90 Å². The fourth-order valence-corrected chi connectivity index (χ4v) is 3.43. The molecule has 13 heavy (non-hydrogen) atoms. The zero-order chi connectivity index (χ0) is 9.90. The first-order chi connectivity index (χ1) is 6.06. The third kappa shape index (κ3) is 2.93. The zero-order valence-corrected chi connectivity index (χ0v) is 8.76. The van der Waals surface area contributed by atoms with Crippen molar-refractivity contribution in [2.75, 3.05) is 32.5 Å². The van der Waals surface area contributed by atoms with Gasteiger partial charge in [0, 0.05) is 13.2 Å². The highest BCUT2D eigenvalue weighted by Crippen LogP contribution is 2.16. The van der Waals surface area contributed by atoms with E-state index >= 15 is 0 Å². The zero-order valence-electron chi connectivity index (χ0n) is 7.94. The van der Waals surface area contributed by atoms with Crippen LogP contribution in [0.15, 0.2) is 0 Å². The Morgan fingerprint density at radius 3 is 2.69 bits per heavy atom. The molecule has 0 amide bonds. The van der Waals surface area contributed by atoms with Gasteiger partial charge in [0.2, 0.25) is 0 Å². The van der Waals surface area contributed by atoms with Crippen molar-refractivity contribution in [2.24, 2.45) is 0 Å². The SMILES string of the molecule is CN1CCC(S(=O)(=O)CCCO)C1. The average molecular weight is 207 g/mol. The lowest BCUT2D eigenvalue weighted by Crippen LogP contribution is -2.27. The number of hydrogen-bond donors (Lipinski definition) is 1. The molecular formula is C8H17NO3S. The smallest absolute Gasteiger partial charge is 0.154 e. The van der Waals surface area contributed by atoms with E-state index in [1.807, 2.05) is 11.9 Å². The summed E-state index contributed by atoms with van der Waals surface area (Å²) in [4.78, 5) is 2.03. The molecule has 1 aliphatic heterocycles. The first-order valence-corrected chi connectivity index (χ1v) is 6.29. The monoisotopic (exact) mass is 207 g/mol. The molecular weight excluding hydrogens is 190 g/mol. The molecule has 1 N–H and O–H groups in total. The molecule has 1 saturated heterocycles. The maximum absolute atomic E-state index is 11.6. The molecule has 1 unspecified atom stereocenters. The van der Waals surface area contributed by atoms with Crippen molar-refractivity contribution >= 4 is 9.84 Å². The van der Waals surface area contributed by atoms with Gasteiger partial charge in [-0.25, -0.2) is 8.42 Å². The Labute approximate surface area is 79.5 Å². The highest BCUT2D eigenvalue weighted by atomic mass is 32.2. The molecule has 0 radical (unpaired) electrons. The van der Waals surface area contributed by atoms with Crippen LogP contribution in [0.3, 0.4) is 0 Å². The Hall–Kier alpha value is -0.130. The van der Waals surface area contributed by atoms with Crippen molar-refractivity contribution in [2.45, 2.75) is 18.1 Å². The Kier molecular flexibility index (Phi) is 3.70. The minimum absolute atomic E-state index is 0.0399. The number of aliphatic hydroxyl groups excluding tert-OH is 1. The van der Waals surface area contributed by atoms with E-state index in [9.17, 15) is 8.42 Å². The maximum atomic E-state index is 11.6. The molecule has 1 fully saturated rings. The molecule has 1 heterocycles. The highest BCUT2D eigenvalue weighted by Gasteiger charge is 2.30. The third-order valence-corrected chi connectivity index (χ3v) is 4.70. The summed E-state index contributed by atoms with van der Waals surface area (Å²) in [6, 6.07) is 0. The van der Waals surface area contributed by atoms with Crippen molar-refractivity contribution in [1.29, 1.82) is 0 Å². The van der Waals surface area contributed by atoms with Gasteiger partial charge in [-0.15, -0.1) is 0 Å². The first-order valence-electron chi connectivity index (χ1n) is 4.57. The number of hydrogen-bond acceptors (Lipinski definition) is 4. The standard InChI is InChI=1S/C8H17NO3S/c1-9-4-3-8(7-9)13(11,12)6-2-5-10/h8,10H,2-7H2,1H3. The van der Waals surface area contributed by atoms with Gasteiger partial charge in [-0.3, -0.25) is 0 Å². The molecule has 5 heteroatoms. The van der Waals surface area contributed by atoms with Gasteiger partial charge >= 0.3 is 0 Å². The van der Waals surface area contributed by atoms with Gasteiger partial charge in [0.15, 0.2) is 9.84 Å². The van der Waals surface area contributed by atoms with Crippen LogP contribution < -0.4 is 0 Å². The maximum Gasteiger partial charge on any atom is 0.154 e. The van der Waals surface area contributed by atoms with E-state index in [1.54, 1.807) is 0 Å². The van der Waals surface area contributed by atoms with E-state index in [0.29, 0.717) is 13.0 Å². The molecule has 1 aliphatic rings. The second-order valence-electron chi connectivity index (χ2n) is 3.62. The van der Waals surface area contributed by atoms with Gasteiger partial charge in [0.1, 0.15) is 0 Å². The predicted molar refractivity (Wildman–Crippen MR) is 51.4 cm³/mol. The summed E-state index contributed by atoms with van der Waals surface area (Å²) >= 11 is 0. The summed E-state index contributed by atoms with van der Waals surface area (Å²) in [5.74, 6) is 0.127. The highest BCUT2D eigenvalue weighted by molar-refractivity contribution is 7.92. The molecule has 4 nitrogen and oxygen atoms in total. The van der Waals surface area contributed by atoms with Crippen LogP contribution in [0.4, 0.5) is 0 Å². The Balaban J connectivity index is 2.50. The van der Waals surface area contributed by atoms with Crippen molar-refractivity contribution in [3.63, 3.8) is 0 Å². The van der Waals surface area contributed by atoms with Crippen LogP contribution >= 0.6 is 0 Å². The van der Waals surface area contributed by atoms with E-state index in [2.05, 4.69) is 0 Å². The van der Waals surface area contributed by atoms with Gasteiger partial charge in [-0.05, 0) is 26.4 Å². The second kappa shape index (κ2) is 4.39. The van der Waals surface area contributed by atoms with E-state index in [-0.39, 0.29) is 17.6 Å². The van der Waals surface area contributed by atoms with Crippen LogP contribution in [-0.4, -0.2) is 56.2 Å². The minimum atomic E-state index is -2.96. The van der Waals surface area contributed by atoms with Gasteiger partial charge < -0.3 is 10.0 Å². The van der Waals surface area contributed by atoms with Crippen LogP contribution in [0, 0.1) is 0 Å². The fourth-order valence-electron chi connectivity index (χ4n) is 1.62. The molecule has 0 aromatic carbocycles.